The molecule has 0 radical (unpaired) electrons. The summed E-state index contributed by atoms with van der Waals surface area (Å²) in [6.45, 7) is 25.0. The second-order valence-corrected chi connectivity index (χ2v) is 15.0. The van der Waals surface area contributed by atoms with E-state index >= 15 is 0 Å². The van der Waals surface area contributed by atoms with Crippen molar-refractivity contribution < 1.29 is 15.3 Å². The molecule has 0 unspecified atom stereocenters. The molecule has 0 bridgehead atoms. The maximum Gasteiger partial charge on any atom is 0.119 e. The van der Waals surface area contributed by atoms with Gasteiger partial charge in [-0.3, -0.25) is 0 Å². The summed E-state index contributed by atoms with van der Waals surface area (Å²) in [6, 6.07) is 17.2. The smallest absolute Gasteiger partial charge is 0.119 e. The zero-order chi connectivity index (χ0) is 35.1. The Morgan fingerprint density at radius 3 is 0.739 bits per heavy atom. The molecule has 0 amide bonds. The maximum atomic E-state index is 9.57. The Hall–Kier alpha value is -3.98. The van der Waals surface area contributed by atoms with Crippen molar-refractivity contribution in [3.63, 3.8) is 0 Å². The van der Waals surface area contributed by atoms with Gasteiger partial charge in [-0.25, -0.2) is 0 Å². The van der Waals surface area contributed by atoms with Gasteiger partial charge in [0.25, 0.3) is 0 Å². The lowest BCUT2D eigenvalue weighted by Gasteiger charge is -2.20. The molecule has 0 atom stereocenters. The average molecular weight is 625 g/mol. The Balaban J connectivity index is 0.000000300. The normalized spacial score (nSPS) is 13.0. The van der Waals surface area contributed by atoms with Gasteiger partial charge in [0.2, 0.25) is 0 Å². The standard InChI is InChI=1S/3C11H16O.2C5H6/c3*1-8-5-6-10(12)9(7-8)11(2,3)4;2*1-2-4-5-3-1/h3*5-7,12H,1-4H3;2*1-4H,5H2. The lowest BCUT2D eigenvalue weighted by molar-refractivity contribution is 0.445. The minimum atomic E-state index is 0.0239. The van der Waals surface area contributed by atoms with Crippen molar-refractivity contribution in [2.24, 2.45) is 0 Å². The zero-order valence-corrected chi connectivity index (χ0v) is 30.6. The molecule has 0 saturated heterocycles. The van der Waals surface area contributed by atoms with Crippen molar-refractivity contribution in [3.05, 3.63) is 137 Å². The van der Waals surface area contributed by atoms with Gasteiger partial charge in [0.1, 0.15) is 17.2 Å². The van der Waals surface area contributed by atoms with Gasteiger partial charge in [-0.05, 0) is 84.7 Å². The summed E-state index contributed by atoms with van der Waals surface area (Å²) in [5, 5.41) is 28.7. The van der Waals surface area contributed by atoms with Crippen molar-refractivity contribution in [3.8, 4) is 17.2 Å². The van der Waals surface area contributed by atoms with E-state index in [0.717, 1.165) is 29.5 Å². The largest absolute Gasteiger partial charge is 0.508 e. The lowest BCUT2D eigenvalue weighted by Crippen LogP contribution is -2.11. The van der Waals surface area contributed by atoms with Crippen LogP contribution in [0.3, 0.4) is 0 Å². The van der Waals surface area contributed by atoms with E-state index in [9.17, 15) is 15.3 Å². The number of aromatic hydroxyl groups is 3. The highest BCUT2D eigenvalue weighted by Gasteiger charge is 2.19. The molecule has 250 valence electrons. The molecule has 3 heteroatoms. The van der Waals surface area contributed by atoms with E-state index in [1.807, 2.05) is 57.2 Å². The van der Waals surface area contributed by atoms with Gasteiger partial charge in [-0.2, -0.15) is 0 Å². The molecule has 2 aliphatic rings. The SMILES string of the molecule is C1=CCC=C1.C1=CCC=C1.Cc1ccc(O)c(C(C)(C)C)c1.Cc1ccc(O)c(C(C)(C)C)c1.Cc1ccc(O)c(C(C)(C)C)c1. The Morgan fingerprint density at radius 2 is 0.609 bits per heavy atom. The van der Waals surface area contributed by atoms with E-state index in [0.29, 0.717) is 17.2 Å². The molecule has 3 nitrogen and oxygen atoms in total. The molecule has 0 heterocycles. The summed E-state index contributed by atoms with van der Waals surface area (Å²) < 4.78 is 0. The first-order chi connectivity index (χ1) is 21.2. The van der Waals surface area contributed by atoms with Crippen LogP contribution in [0.1, 0.15) is 109 Å². The first-order valence-electron chi connectivity index (χ1n) is 16.3. The van der Waals surface area contributed by atoms with Crippen LogP contribution in [0, 0.1) is 20.8 Å². The van der Waals surface area contributed by atoms with Crippen molar-refractivity contribution in [1.82, 2.24) is 0 Å². The maximum absolute atomic E-state index is 9.57. The number of hydrogen-bond acceptors (Lipinski definition) is 3. The average Bonchev–Trinajstić information content (AvgIpc) is 3.72. The van der Waals surface area contributed by atoms with Crippen molar-refractivity contribution in [2.75, 3.05) is 0 Å². The summed E-state index contributed by atoms with van der Waals surface area (Å²) in [5.41, 5.74) is 6.70. The van der Waals surface area contributed by atoms with Crippen LogP contribution in [0.15, 0.2) is 103 Å². The Morgan fingerprint density at radius 1 is 0.391 bits per heavy atom. The Kier molecular flexibility index (Phi) is 15.9. The van der Waals surface area contributed by atoms with Crippen molar-refractivity contribution in [1.29, 1.82) is 0 Å². The minimum Gasteiger partial charge on any atom is -0.508 e. The molecule has 0 aliphatic heterocycles. The fourth-order valence-corrected chi connectivity index (χ4v) is 4.54. The monoisotopic (exact) mass is 624 g/mol. The van der Waals surface area contributed by atoms with Gasteiger partial charge < -0.3 is 15.3 Å². The molecule has 0 fully saturated rings. The van der Waals surface area contributed by atoms with Crippen LogP contribution in [-0.4, -0.2) is 15.3 Å². The summed E-state index contributed by atoms with van der Waals surface area (Å²) in [5.74, 6) is 1.19. The number of rotatable bonds is 0. The Labute approximate surface area is 280 Å². The molecule has 5 rings (SSSR count). The van der Waals surface area contributed by atoms with Crippen LogP contribution in [0.2, 0.25) is 0 Å². The fourth-order valence-electron chi connectivity index (χ4n) is 4.54. The van der Waals surface area contributed by atoms with Crippen LogP contribution in [0.4, 0.5) is 0 Å². The second kappa shape index (κ2) is 18.2. The quantitative estimate of drug-likeness (QED) is 0.233. The van der Waals surface area contributed by atoms with Crippen LogP contribution >= 0.6 is 0 Å². The number of phenolic OH excluding ortho intramolecular Hbond substituents is 3. The number of allylic oxidation sites excluding steroid dienone is 8. The van der Waals surface area contributed by atoms with Crippen LogP contribution < -0.4 is 0 Å². The molecule has 0 spiro atoms. The summed E-state index contributed by atoms with van der Waals surface area (Å²) in [4.78, 5) is 0. The van der Waals surface area contributed by atoms with Gasteiger partial charge in [0.05, 0.1) is 0 Å². The van der Waals surface area contributed by atoms with Crippen molar-refractivity contribution in [2.45, 2.75) is 112 Å². The van der Waals surface area contributed by atoms with Crippen LogP contribution in [0.5, 0.6) is 17.2 Å². The third kappa shape index (κ3) is 15.3. The van der Waals surface area contributed by atoms with E-state index in [2.05, 4.69) is 111 Å². The van der Waals surface area contributed by atoms with Gasteiger partial charge in [0.15, 0.2) is 0 Å². The molecule has 3 aromatic carbocycles. The molecule has 0 saturated carbocycles. The van der Waals surface area contributed by atoms with E-state index in [4.69, 9.17) is 0 Å². The summed E-state index contributed by atoms with van der Waals surface area (Å²) >= 11 is 0. The number of aryl methyl sites for hydroxylation is 3. The molecular weight excluding hydrogens is 564 g/mol. The first-order valence-corrected chi connectivity index (χ1v) is 16.3. The van der Waals surface area contributed by atoms with E-state index in [-0.39, 0.29) is 16.2 Å². The molecular formula is C43H60O3. The van der Waals surface area contributed by atoms with Crippen LogP contribution in [-0.2, 0) is 16.2 Å². The summed E-state index contributed by atoms with van der Waals surface area (Å²) in [7, 11) is 0. The molecule has 0 aromatic heterocycles. The highest BCUT2D eigenvalue weighted by atomic mass is 16.3. The molecule has 3 N–H and O–H groups in total. The van der Waals surface area contributed by atoms with Gasteiger partial charge >= 0.3 is 0 Å². The van der Waals surface area contributed by atoms with E-state index in [1.165, 1.54) is 16.7 Å². The highest BCUT2D eigenvalue weighted by molar-refractivity contribution is 5.41. The van der Waals surface area contributed by atoms with Crippen molar-refractivity contribution >= 4 is 0 Å². The predicted octanol–water partition coefficient (Wildman–Crippen LogP) is 12.0. The molecule has 3 aromatic rings. The lowest BCUT2D eigenvalue weighted by atomic mass is 9.85. The third-order valence-corrected chi connectivity index (χ3v) is 7.19. The predicted molar refractivity (Wildman–Crippen MR) is 200 cm³/mol. The molecule has 46 heavy (non-hydrogen) atoms. The van der Waals surface area contributed by atoms with E-state index < -0.39 is 0 Å². The minimum absolute atomic E-state index is 0.0239. The van der Waals surface area contributed by atoms with Gasteiger partial charge in [-0.15, -0.1) is 0 Å². The number of hydrogen-bond donors (Lipinski definition) is 3. The fraction of sp³-hybridized carbons (Fsp3) is 0.395. The highest BCUT2D eigenvalue weighted by Crippen LogP contribution is 2.32. The first kappa shape index (κ1) is 40.0. The zero-order valence-electron chi connectivity index (χ0n) is 30.6. The second-order valence-electron chi connectivity index (χ2n) is 15.0. The number of phenols is 3. The molecule has 2 aliphatic carbocycles. The van der Waals surface area contributed by atoms with Gasteiger partial charge in [0, 0.05) is 0 Å². The van der Waals surface area contributed by atoms with Gasteiger partial charge in [-0.1, -0.05) is 164 Å². The summed E-state index contributed by atoms with van der Waals surface area (Å²) in [6.07, 6.45) is 19.0. The van der Waals surface area contributed by atoms with Crippen LogP contribution in [0.25, 0.3) is 0 Å². The van der Waals surface area contributed by atoms with E-state index in [1.54, 1.807) is 18.2 Å². The topological polar surface area (TPSA) is 60.7 Å². The third-order valence-electron chi connectivity index (χ3n) is 7.19. The Bertz CT molecular complexity index is 1290. The number of benzene rings is 3.